The lowest BCUT2D eigenvalue weighted by molar-refractivity contribution is -0.122. The first kappa shape index (κ1) is 14.8. The van der Waals surface area contributed by atoms with Crippen LogP contribution < -0.4 is 10.6 Å². The van der Waals surface area contributed by atoms with Crippen LogP contribution in [0.4, 0.5) is 0 Å². The standard InChI is InChI=1S/C15H18N4O3S/c20-14-12(15(9-17-14)3-5-21-6-4-15)16-8-11-18-13(19-22-11)10-2-1-7-23-10/h1-2,7,12,16H,3-6,8-9H2,(H,17,20). The third kappa shape index (κ3) is 2.77. The largest absolute Gasteiger partial charge is 0.381 e. The molecule has 2 N–H and O–H groups in total. The number of nitrogens with zero attached hydrogens (tertiary/aromatic N) is 2. The molecule has 2 aromatic rings. The second-order valence-corrected chi connectivity index (χ2v) is 6.94. The molecule has 1 spiro atoms. The Morgan fingerprint density at radius 3 is 3.09 bits per heavy atom. The highest BCUT2D eigenvalue weighted by Gasteiger charge is 2.48. The van der Waals surface area contributed by atoms with Crippen molar-refractivity contribution in [3.05, 3.63) is 23.4 Å². The summed E-state index contributed by atoms with van der Waals surface area (Å²) in [6.07, 6.45) is 1.77. The van der Waals surface area contributed by atoms with Gasteiger partial charge in [-0.1, -0.05) is 11.2 Å². The minimum absolute atomic E-state index is 0.0462. The van der Waals surface area contributed by atoms with Gasteiger partial charge in [0.2, 0.25) is 17.6 Å². The number of thiophene rings is 1. The molecule has 0 saturated carbocycles. The molecule has 0 bridgehead atoms. The van der Waals surface area contributed by atoms with Crippen molar-refractivity contribution >= 4 is 17.2 Å². The van der Waals surface area contributed by atoms with Gasteiger partial charge in [0.1, 0.15) is 0 Å². The van der Waals surface area contributed by atoms with Crippen molar-refractivity contribution in [1.82, 2.24) is 20.8 Å². The number of rotatable bonds is 4. The predicted molar refractivity (Wildman–Crippen MR) is 83.7 cm³/mol. The summed E-state index contributed by atoms with van der Waals surface area (Å²) in [6.45, 7) is 2.50. The van der Waals surface area contributed by atoms with Gasteiger partial charge < -0.3 is 14.6 Å². The zero-order valence-electron chi connectivity index (χ0n) is 12.6. The Kier molecular flexibility index (Phi) is 3.88. The fraction of sp³-hybridized carbons (Fsp3) is 0.533. The number of hydrogen-bond donors (Lipinski definition) is 2. The van der Waals surface area contributed by atoms with E-state index in [1.807, 2.05) is 17.5 Å². The van der Waals surface area contributed by atoms with Crippen LogP contribution in [-0.2, 0) is 16.1 Å². The Bertz CT molecular complexity index is 679. The molecular formula is C15H18N4O3S. The van der Waals surface area contributed by atoms with Crippen LogP contribution in [0.15, 0.2) is 22.0 Å². The summed E-state index contributed by atoms with van der Waals surface area (Å²) >= 11 is 1.57. The van der Waals surface area contributed by atoms with Crippen molar-refractivity contribution in [1.29, 1.82) is 0 Å². The van der Waals surface area contributed by atoms with E-state index in [1.54, 1.807) is 11.3 Å². The van der Waals surface area contributed by atoms with E-state index in [9.17, 15) is 4.79 Å². The zero-order chi connectivity index (χ0) is 15.7. The van der Waals surface area contributed by atoms with Crippen molar-refractivity contribution in [2.45, 2.75) is 25.4 Å². The van der Waals surface area contributed by atoms with Gasteiger partial charge in [0.25, 0.3) is 0 Å². The number of carbonyl (C=O) groups is 1. The molecule has 0 aromatic carbocycles. The molecule has 2 aliphatic heterocycles. The second-order valence-electron chi connectivity index (χ2n) is 6.00. The van der Waals surface area contributed by atoms with Crippen LogP contribution in [-0.4, -0.2) is 41.8 Å². The second kappa shape index (κ2) is 6.03. The van der Waals surface area contributed by atoms with Crippen molar-refractivity contribution in [2.24, 2.45) is 5.41 Å². The molecule has 7 nitrogen and oxygen atoms in total. The van der Waals surface area contributed by atoms with E-state index < -0.39 is 0 Å². The van der Waals surface area contributed by atoms with Crippen LogP contribution in [0, 0.1) is 5.41 Å². The van der Waals surface area contributed by atoms with E-state index in [0.717, 1.165) is 17.7 Å². The summed E-state index contributed by atoms with van der Waals surface area (Å²) in [5.74, 6) is 1.13. The number of amides is 1. The van der Waals surface area contributed by atoms with Crippen molar-refractivity contribution in [3.8, 4) is 10.7 Å². The summed E-state index contributed by atoms with van der Waals surface area (Å²) in [7, 11) is 0. The van der Waals surface area contributed by atoms with Gasteiger partial charge in [-0.05, 0) is 24.3 Å². The SMILES string of the molecule is O=C1NCC2(CCOCC2)C1NCc1nc(-c2cccs2)no1. The van der Waals surface area contributed by atoms with Crippen LogP contribution >= 0.6 is 11.3 Å². The lowest BCUT2D eigenvalue weighted by Gasteiger charge is -2.36. The maximum atomic E-state index is 12.2. The predicted octanol–water partition coefficient (Wildman–Crippen LogP) is 1.18. The number of nitrogens with one attached hydrogen (secondary N) is 2. The normalized spacial score (nSPS) is 23.3. The monoisotopic (exact) mass is 334 g/mol. The van der Waals surface area contributed by atoms with Crippen molar-refractivity contribution < 1.29 is 14.1 Å². The summed E-state index contributed by atoms with van der Waals surface area (Å²) in [5, 5.41) is 12.2. The average Bonchev–Trinajstić information content (AvgIpc) is 3.29. The third-order valence-corrected chi connectivity index (χ3v) is 5.51. The molecule has 2 saturated heterocycles. The van der Waals surface area contributed by atoms with Crippen LogP contribution in [0.5, 0.6) is 0 Å². The molecular weight excluding hydrogens is 316 g/mol. The molecule has 1 unspecified atom stereocenters. The fourth-order valence-electron chi connectivity index (χ4n) is 3.32. The fourth-order valence-corrected chi connectivity index (χ4v) is 3.97. The smallest absolute Gasteiger partial charge is 0.240 e. The van der Waals surface area contributed by atoms with Gasteiger partial charge in [-0.25, -0.2) is 0 Å². The van der Waals surface area contributed by atoms with Gasteiger partial charge in [0.15, 0.2) is 0 Å². The van der Waals surface area contributed by atoms with Crippen LogP contribution in [0.1, 0.15) is 18.7 Å². The van der Waals surface area contributed by atoms with Crippen LogP contribution in [0.25, 0.3) is 10.7 Å². The quantitative estimate of drug-likeness (QED) is 0.873. The Hall–Kier alpha value is -1.77. The number of hydrogen-bond acceptors (Lipinski definition) is 7. The maximum Gasteiger partial charge on any atom is 0.240 e. The molecule has 0 aliphatic carbocycles. The molecule has 2 aromatic heterocycles. The Morgan fingerprint density at radius 1 is 1.43 bits per heavy atom. The van der Waals surface area contributed by atoms with E-state index >= 15 is 0 Å². The van der Waals surface area contributed by atoms with E-state index in [0.29, 0.717) is 38.0 Å². The molecule has 4 heterocycles. The Balaban J connectivity index is 1.44. The molecule has 4 rings (SSSR count). The molecule has 23 heavy (non-hydrogen) atoms. The lowest BCUT2D eigenvalue weighted by atomic mass is 9.76. The van der Waals surface area contributed by atoms with E-state index in [1.165, 1.54) is 0 Å². The van der Waals surface area contributed by atoms with Gasteiger partial charge in [0, 0.05) is 25.2 Å². The molecule has 1 atom stereocenters. The van der Waals surface area contributed by atoms with Crippen molar-refractivity contribution in [3.63, 3.8) is 0 Å². The molecule has 1 amide bonds. The van der Waals surface area contributed by atoms with E-state index in [4.69, 9.17) is 9.26 Å². The van der Waals surface area contributed by atoms with Crippen LogP contribution in [0.2, 0.25) is 0 Å². The van der Waals surface area contributed by atoms with E-state index in [2.05, 4.69) is 20.8 Å². The summed E-state index contributed by atoms with van der Waals surface area (Å²) in [4.78, 5) is 17.5. The lowest BCUT2D eigenvalue weighted by Crippen LogP contribution is -2.49. The van der Waals surface area contributed by atoms with Gasteiger partial charge in [-0.3, -0.25) is 10.1 Å². The minimum Gasteiger partial charge on any atom is -0.381 e. The highest BCUT2D eigenvalue weighted by atomic mass is 32.1. The van der Waals surface area contributed by atoms with Gasteiger partial charge in [0.05, 0.1) is 17.5 Å². The zero-order valence-corrected chi connectivity index (χ0v) is 13.4. The third-order valence-electron chi connectivity index (χ3n) is 4.64. The highest BCUT2D eigenvalue weighted by molar-refractivity contribution is 7.13. The van der Waals surface area contributed by atoms with Gasteiger partial charge in [-0.2, -0.15) is 4.98 Å². The molecule has 0 radical (unpaired) electrons. The summed E-state index contributed by atoms with van der Waals surface area (Å²) in [5.41, 5.74) is -0.0636. The Morgan fingerprint density at radius 2 is 2.30 bits per heavy atom. The van der Waals surface area contributed by atoms with Gasteiger partial charge >= 0.3 is 0 Å². The molecule has 8 heteroatoms. The highest BCUT2D eigenvalue weighted by Crippen LogP contribution is 2.37. The summed E-state index contributed by atoms with van der Waals surface area (Å²) < 4.78 is 10.7. The minimum atomic E-state index is -0.233. The van der Waals surface area contributed by atoms with Crippen LogP contribution in [0.3, 0.4) is 0 Å². The number of carbonyl (C=O) groups excluding carboxylic acids is 1. The first-order chi connectivity index (χ1) is 11.3. The molecule has 2 fully saturated rings. The topological polar surface area (TPSA) is 89.3 Å². The Labute approximate surface area is 137 Å². The first-order valence-electron chi connectivity index (χ1n) is 7.72. The molecule has 2 aliphatic rings. The van der Waals surface area contributed by atoms with E-state index in [-0.39, 0.29) is 17.4 Å². The number of ether oxygens (including phenoxy) is 1. The summed E-state index contributed by atoms with van der Waals surface area (Å²) in [6, 6.07) is 3.67. The average molecular weight is 334 g/mol. The molecule has 122 valence electrons. The maximum absolute atomic E-state index is 12.2. The van der Waals surface area contributed by atoms with Crippen molar-refractivity contribution in [2.75, 3.05) is 19.8 Å². The number of aromatic nitrogens is 2. The van der Waals surface area contributed by atoms with Gasteiger partial charge in [-0.15, -0.1) is 11.3 Å². The first-order valence-corrected chi connectivity index (χ1v) is 8.60.